The van der Waals surface area contributed by atoms with Gasteiger partial charge in [0, 0.05) is 25.7 Å². The first-order chi connectivity index (χ1) is 8.30. The zero-order valence-corrected chi connectivity index (χ0v) is 12.9. The molecule has 0 aliphatic heterocycles. The van der Waals surface area contributed by atoms with Crippen molar-refractivity contribution in [2.45, 2.75) is 66.0 Å². The SMILES string of the molecule is CCCN(CCNC(C)CC)C(=O)OC(C)(C)C. The summed E-state index contributed by atoms with van der Waals surface area (Å²) in [6.07, 6.45) is 1.83. The molecule has 0 aliphatic carbocycles. The summed E-state index contributed by atoms with van der Waals surface area (Å²) in [5.41, 5.74) is -0.423. The van der Waals surface area contributed by atoms with Crippen molar-refractivity contribution in [3.05, 3.63) is 0 Å². The third-order valence-corrected chi connectivity index (χ3v) is 2.63. The van der Waals surface area contributed by atoms with Crippen molar-refractivity contribution < 1.29 is 9.53 Å². The van der Waals surface area contributed by atoms with Crippen LogP contribution in [0.2, 0.25) is 0 Å². The highest BCUT2D eigenvalue weighted by Crippen LogP contribution is 2.10. The molecule has 1 unspecified atom stereocenters. The summed E-state index contributed by atoms with van der Waals surface area (Å²) in [6, 6.07) is 0.493. The van der Waals surface area contributed by atoms with Crippen LogP contribution in [0.4, 0.5) is 4.79 Å². The number of carbonyl (C=O) groups is 1. The third-order valence-electron chi connectivity index (χ3n) is 2.63. The van der Waals surface area contributed by atoms with Crippen molar-refractivity contribution in [2.75, 3.05) is 19.6 Å². The van der Waals surface area contributed by atoms with Gasteiger partial charge in [0.05, 0.1) is 0 Å². The summed E-state index contributed by atoms with van der Waals surface area (Å²) >= 11 is 0. The summed E-state index contributed by atoms with van der Waals surface area (Å²) in [6.45, 7) is 14.3. The van der Waals surface area contributed by atoms with E-state index in [-0.39, 0.29) is 6.09 Å². The van der Waals surface area contributed by atoms with E-state index in [0.29, 0.717) is 12.6 Å². The molecule has 4 nitrogen and oxygen atoms in total. The van der Waals surface area contributed by atoms with Crippen LogP contribution < -0.4 is 5.32 Å². The van der Waals surface area contributed by atoms with Crippen LogP contribution in [0.5, 0.6) is 0 Å². The van der Waals surface area contributed by atoms with Crippen molar-refractivity contribution in [1.82, 2.24) is 10.2 Å². The topological polar surface area (TPSA) is 41.6 Å². The minimum atomic E-state index is -0.423. The van der Waals surface area contributed by atoms with Gasteiger partial charge in [-0.3, -0.25) is 0 Å². The highest BCUT2D eigenvalue weighted by atomic mass is 16.6. The Balaban J connectivity index is 4.17. The minimum Gasteiger partial charge on any atom is -0.444 e. The van der Waals surface area contributed by atoms with E-state index in [0.717, 1.165) is 25.9 Å². The number of amides is 1. The van der Waals surface area contributed by atoms with Crippen molar-refractivity contribution >= 4 is 6.09 Å². The number of carbonyl (C=O) groups excluding carboxylic acids is 1. The van der Waals surface area contributed by atoms with Gasteiger partial charge in [-0.25, -0.2) is 4.79 Å². The van der Waals surface area contributed by atoms with Gasteiger partial charge in [-0.2, -0.15) is 0 Å². The minimum absolute atomic E-state index is 0.213. The maximum absolute atomic E-state index is 12.0. The molecule has 0 saturated carbocycles. The second-order valence-electron chi connectivity index (χ2n) is 5.73. The lowest BCUT2D eigenvalue weighted by Gasteiger charge is -2.27. The van der Waals surface area contributed by atoms with Crippen LogP contribution in [0.15, 0.2) is 0 Å². The van der Waals surface area contributed by atoms with Crippen molar-refractivity contribution in [3.8, 4) is 0 Å². The molecule has 0 radical (unpaired) electrons. The molecule has 0 aromatic carbocycles. The Hall–Kier alpha value is -0.770. The molecule has 1 N–H and O–H groups in total. The van der Waals surface area contributed by atoms with E-state index in [2.05, 4.69) is 26.1 Å². The molecule has 0 rings (SSSR count). The van der Waals surface area contributed by atoms with Crippen LogP contribution in [0.1, 0.15) is 54.4 Å². The average molecular weight is 258 g/mol. The van der Waals surface area contributed by atoms with Crippen LogP contribution in [0.25, 0.3) is 0 Å². The predicted molar refractivity (Wildman–Crippen MR) is 75.9 cm³/mol. The molecule has 1 atom stereocenters. The van der Waals surface area contributed by atoms with E-state index in [9.17, 15) is 4.79 Å². The number of ether oxygens (including phenoxy) is 1. The van der Waals surface area contributed by atoms with Gasteiger partial charge < -0.3 is 15.0 Å². The Morgan fingerprint density at radius 3 is 2.33 bits per heavy atom. The summed E-state index contributed by atoms with van der Waals surface area (Å²) in [7, 11) is 0. The highest BCUT2D eigenvalue weighted by Gasteiger charge is 2.21. The molecule has 0 aliphatic rings. The van der Waals surface area contributed by atoms with E-state index >= 15 is 0 Å². The average Bonchev–Trinajstić information content (AvgIpc) is 2.25. The summed E-state index contributed by atoms with van der Waals surface area (Å²) < 4.78 is 5.40. The predicted octanol–water partition coefficient (Wildman–Crippen LogP) is 3.02. The molecule has 0 fully saturated rings. The van der Waals surface area contributed by atoms with Gasteiger partial charge in [0.15, 0.2) is 0 Å². The Morgan fingerprint density at radius 1 is 1.28 bits per heavy atom. The fourth-order valence-corrected chi connectivity index (χ4v) is 1.48. The normalized spacial score (nSPS) is 13.2. The Labute approximate surface area is 112 Å². The molecule has 0 spiro atoms. The smallest absolute Gasteiger partial charge is 0.410 e. The summed E-state index contributed by atoms with van der Waals surface area (Å²) in [4.78, 5) is 13.7. The Morgan fingerprint density at radius 2 is 1.89 bits per heavy atom. The lowest BCUT2D eigenvalue weighted by atomic mass is 10.2. The molecular formula is C14H30N2O2. The zero-order valence-electron chi connectivity index (χ0n) is 12.9. The van der Waals surface area contributed by atoms with Gasteiger partial charge in [-0.1, -0.05) is 13.8 Å². The quantitative estimate of drug-likeness (QED) is 0.763. The van der Waals surface area contributed by atoms with Crippen LogP contribution in [0, 0.1) is 0 Å². The van der Waals surface area contributed by atoms with Crippen molar-refractivity contribution in [3.63, 3.8) is 0 Å². The van der Waals surface area contributed by atoms with Crippen LogP contribution >= 0.6 is 0 Å². The van der Waals surface area contributed by atoms with E-state index in [1.165, 1.54) is 0 Å². The third kappa shape index (κ3) is 8.34. The zero-order chi connectivity index (χ0) is 14.2. The van der Waals surface area contributed by atoms with Crippen LogP contribution in [-0.4, -0.2) is 42.3 Å². The van der Waals surface area contributed by atoms with E-state index in [1.807, 2.05) is 20.8 Å². The Kier molecular flexibility index (Phi) is 8.00. The molecule has 0 aromatic rings. The fourth-order valence-electron chi connectivity index (χ4n) is 1.48. The molecule has 0 heterocycles. The number of rotatable bonds is 7. The number of hydrogen-bond donors (Lipinski definition) is 1. The van der Waals surface area contributed by atoms with Gasteiger partial charge in [-0.05, 0) is 40.5 Å². The number of nitrogens with zero attached hydrogens (tertiary/aromatic N) is 1. The first-order valence-corrected chi connectivity index (χ1v) is 7.01. The first-order valence-electron chi connectivity index (χ1n) is 7.01. The largest absolute Gasteiger partial charge is 0.444 e. The van der Waals surface area contributed by atoms with Gasteiger partial charge in [0.1, 0.15) is 5.60 Å². The summed E-state index contributed by atoms with van der Waals surface area (Å²) in [5, 5.41) is 3.39. The second-order valence-corrected chi connectivity index (χ2v) is 5.73. The van der Waals surface area contributed by atoms with Crippen molar-refractivity contribution in [1.29, 1.82) is 0 Å². The van der Waals surface area contributed by atoms with Crippen LogP contribution in [0.3, 0.4) is 0 Å². The number of nitrogens with one attached hydrogen (secondary N) is 1. The van der Waals surface area contributed by atoms with E-state index in [1.54, 1.807) is 4.90 Å². The number of hydrogen-bond acceptors (Lipinski definition) is 3. The Bertz CT molecular complexity index is 236. The lowest BCUT2D eigenvalue weighted by molar-refractivity contribution is 0.0251. The summed E-state index contributed by atoms with van der Waals surface area (Å²) in [5.74, 6) is 0. The molecule has 1 amide bonds. The van der Waals surface area contributed by atoms with Crippen LogP contribution in [-0.2, 0) is 4.74 Å². The maximum atomic E-state index is 12.0. The molecule has 0 bridgehead atoms. The van der Waals surface area contributed by atoms with E-state index in [4.69, 9.17) is 4.74 Å². The van der Waals surface area contributed by atoms with Crippen molar-refractivity contribution in [2.24, 2.45) is 0 Å². The molecule has 0 aromatic heterocycles. The molecule has 108 valence electrons. The second kappa shape index (κ2) is 8.35. The van der Waals surface area contributed by atoms with Gasteiger partial charge in [-0.15, -0.1) is 0 Å². The molecule has 0 saturated heterocycles. The molecule has 4 heteroatoms. The van der Waals surface area contributed by atoms with Gasteiger partial charge in [0.25, 0.3) is 0 Å². The fraction of sp³-hybridized carbons (Fsp3) is 0.929. The van der Waals surface area contributed by atoms with E-state index < -0.39 is 5.60 Å². The van der Waals surface area contributed by atoms with Gasteiger partial charge in [0.2, 0.25) is 0 Å². The molecule has 18 heavy (non-hydrogen) atoms. The monoisotopic (exact) mass is 258 g/mol. The van der Waals surface area contributed by atoms with Gasteiger partial charge >= 0.3 is 6.09 Å². The first kappa shape index (κ1) is 17.2. The highest BCUT2D eigenvalue weighted by molar-refractivity contribution is 5.68. The lowest BCUT2D eigenvalue weighted by Crippen LogP contribution is -2.42. The maximum Gasteiger partial charge on any atom is 0.410 e. The standard InChI is InChI=1S/C14H30N2O2/c1-7-10-16(11-9-15-12(3)8-2)13(17)18-14(4,5)6/h12,15H,7-11H2,1-6H3. The molecular weight excluding hydrogens is 228 g/mol.